The van der Waals surface area contributed by atoms with Gasteiger partial charge in [0.1, 0.15) is 0 Å². The molecule has 30 heavy (non-hydrogen) atoms. The standard InChI is InChI=1S/C24H33N5S/c1-17-12-21-23(30-17)22(29-9-6-24(16-29)14-26-15-24)13-20(27-21)18-2-4-19(5-3-18)28-10-7-25-8-11-28/h2,4,12-13,20,25-27H,3,5-11,14-16H2,1H3. The first-order valence-corrected chi connectivity index (χ1v) is 12.4. The fourth-order valence-corrected chi connectivity index (χ4v) is 6.76. The number of fused-ring (bicyclic) bond motifs is 1. The molecule has 6 rings (SSSR count). The first-order valence-electron chi connectivity index (χ1n) is 11.6. The number of rotatable bonds is 3. The van der Waals surface area contributed by atoms with E-state index in [1.807, 2.05) is 11.3 Å². The van der Waals surface area contributed by atoms with Gasteiger partial charge >= 0.3 is 0 Å². The number of allylic oxidation sites excluding steroid dienone is 3. The van der Waals surface area contributed by atoms with E-state index in [4.69, 9.17) is 0 Å². The maximum absolute atomic E-state index is 3.86. The first kappa shape index (κ1) is 19.0. The van der Waals surface area contributed by atoms with Gasteiger partial charge in [-0.1, -0.05) is 6.08 Å². The van der Waals surface area contributed by atoms with Gasteiger partial charge in [0, 0.05) is 68.3 Å². The van der Waals surface area contributed by atoms with Crippen LogP contribution < -0.4 is 16.0 Å². The quantitative estimate of drug-likeness (QED) is 0.698. The van der Waals surface area contributed by atoms with Gasteiger partial charge in [-0.25, -0.2) is 0 Å². The topological polar surface area (TPSA) is 42.6 Å². The number of nitrogens with one attached hydrogen (secondary N) is 3. The zero-order chi connectivity index (χ0) is 20.1. The third kappa shape index (κ3) is 3.29. The zero-order valence-corrected chi connectivity index (χ0v) is 18.8. The summed E-state index contributed by atoms with van der Waals surface area (Å²) >= 11 is 1.95. The van der Waals surface area contributed by atoms with E-state index in [0.29, 0.717) is 11.5 Å². The van der Waals surface area contributed by atoms with E-state index in [1.54, 1.807) is 0 Å². The summed E-state index contributed by atoms with van der Waals surface area (Å²) in [6, 6.07) is 2.67. The molecule has 1 atom stereocenters. The van der Waals surface area contributed by atoms with Crippen molar-refractivity contribution in [3.05, 3.63) is 45.3 Å². The van der Waals surface area contributed by atoms with Crippen LogP contribution in [0.15, 0.2) is 35.6 Å². The molecule has 5 heterocycles. The molecular formula is C24H33N5S. The highest BCUT2D eigenvalue weighted by molar-refractivity contribution is 7.13. The second kappa shape index (κ2) is 7.43. The highest BCUT2D eigenvalue weighted by Crippen LogP contribution is 2.44. The molecule has 0 amide bonds. The lowest BCUT2D eigenvalue weighted by atomic mass is 9.81. The Morgan fingerprint density at radius 2 is 1.90 bits per heavy atom. The van der Waals surface area contributed by atoms with Gasteiger partial charge in [0.05, 0.1) is 22.3 Å². The van der Waals surface area contributed by atoms with Crippen molar-refractivity contribution >= 4 is 22.7 Å². The van der Waals surface area contributed by atoms with Gasteiger partial charge < -0.3 is 25.8 Å². The van der Waals surface area contributed by atoms with Crippen molar-refractivity contribution in [2.24, 2.45) is 5.41 Å². The van der Waals surface area contributed by atoms with Gasteiger partial charge in [-0.3, -0.25) is 0 Å². The molecule has 3 fully saturated rings. The lowest BCUT2D eigenvalue weighted by Gasteiger charge is -2.40. The number of likely N-dealkylation sites (tertiary alicyclic amines) is 1. The van der Waals surface area contributed by atoms with Crippen LogP contribution in [0.25, 0.3) is 5.70 Å². The number of anilines is 1. The molecule has 1 spiro atoms. The SMILES string of the molecule is Cc1cc2c(s1)C(N1CCC3(CNC3)C1)=CC(C1=CC=C(N3CCNCC3)CC1)N2. The fraction of sp³-hybridized carbons (Fsp3) is 0.583. The summed E-state index contributed by atoms with van der Waals surface area (Å²) in [5.41, 5.74) is 6.39. The second-order valence-corrected chi connectivity index (χ2v) is 10.9. The van der Waals surface area contributed by atoms with Crippen molar-refractivity contribution in [1.82, 2.24) is 20.4 Å². The van der Waals surface area contributed by atoms with Crippen molar-refractivity contribution in [2.45, 2.75) is 32.2 Å². The Labute approximate surface area is 183 Å². The summed E-state index contributed by atoms with van der Waals surface area (Å²) in [7, 11) is 0. The van der Waals surface area contributed by atoms with Crippen molar-refractivity contribution < 1.29 is 0 Å². The molecule has 5 nitrogen and oxygen atoms in total. The molecule has 0 aromatic carbocycles. The Bertz CT molecular complexity index is 916. The van der Waals surface area contributed by atoms with Crippen LogP contribution in [0.2, 0.25) is 0 Å². The molecule has 160 valence electrons. The lowest BCUT2D eigenvalue weighted by Crippen LogP contribution is -2.54. The molecule has 6 heteroatoms. The van der Waals surface area contributed by atoms with E-state index in [2.05, 4.69) is 57.0 Å². The Kier molecular flexibility index (Phi) is 4.70. The van der Waals surface area contributed by atoms with Crippen LogP contribution in [-0.4, -0.2) is 68.2 Å². The minimum atomic E-state index is 0.318. The fourth-order valence-electron chi connectivity index (χ4n) is 5.73. The molecule has 4 aliphatic heterocycles. The highest BCUT2D eigenvalue weighted by Gasteiger charge is 2.44. The Hall–Kier alpha value is -1.76. The molecule has 1 aromatic heterocycles. The first-order chi connectivity index (χ1) is 14.7. The summed E-state index contributed by atoms with van der Waals surface area (Å²) in [6.07, 6.45) is 11.0. The Morgan fingerprint density at radius 1 is 1.03 bits per heavy atom. The molecule has 5 aliphatic rings. The van der Waals surface area contributed by atoms with E-state index in [9.17, 15) is 0 Å². The van der Waals surface area contributed by atoms with Crippen LogP contribution in [-0.2, 0) is 0 Å². The number of hydrogen-bond donors (Lipinski definition) is 3. The maximum Gasteiger partial charge on any atom is 0.0736 e. The van der Waals surface area contributed by atoms with Crippen LogP contribution in [0.5, 0.6) is 0 Å². The monoisotopic (exact) mass is 423 g/mol. The average Bonchev–Trinajstić information content (AvgIpc) is 3.37. The molecule has 3 saturated heterocycles. The van der Waals surface area contributed by atoms with Crippen LogP contribution in [0.4, 0.5) is 5.69 Å². The molecule has 1 unspecified atom stereocenters. The van der Waals surface area contributed by atoms with E-state index < -0.39 is 0 Å². The third-order valence-corrected chi connectivity index (χ3v) is 8.66. The summed E-state index contributed by atoms with van der Waals surface area (Å²) in [6.45, 7) is 11.5. The predicted octanol–water partition coefficient (Wildman–Crippen LogP) is 3.00. The summed E-state index contributed by atoms with van der Waals surface area (Å²) < 4.78 is 0. The van der Waals surface area contributed by atoms with Gasteiger partial charge in [0.25, 0.3) is 0 Å². The number of piperazine rings is 1. The van der Waals surface area contributed by atoms with E-state index in [0.717, 1.165) is 32.6 Å². The van der Waals surface area contributed by atoms with Gasteiger partial charge in [-0.2, -0.15) is 0 Å². The van der Waals surface area contributed by atoms with E-state index in [-0.39, 0.29) is 0 Å². The zero-order valence-electron chi connectivity index (χ0n) is 18.0. The molecule has 1 aromatic rings. The van der Waals surface area contributed by atoms with Crippen LogP contribution in [0.3, 0.4) is 0 Å². The summed E-state index contributed by atoms with van der Waals surface area (Å²) in [5.74, 6) is 0. The van der Waals surface area contributed by atoms with Crippen molar-refractivity contribution in [2.75, 3.05) is 57.7 Å². The molecular weight excluding hydrogens is 390 g/mol. The van der Waals surface area contributed by atoms with Gasteiger partial charge in [-0.05, 0) is 50.0 Å². The largest absolute Gasteiger partial charge is 0.374 e. The van der Waals surface area contributed by atoms with Gasteiger partial charge in [0.2, 0.25) is 0 Å². The minimum Gasteiger partial charge on any atom is -0.374 e. The van der Waals surface area contributed by atoms with E-state index >= 15 is 0 Å². The van der Waals surface area contributed by atoms with Crippen LogP contribution >= 0.6 is 11.3 Å². The summed E-state index contributed by atoms with van der Waals surface area (Å²) in [4.78, 5) is 8.09. The van der Waals surface area contributed by atoms with Gasteiger partial charge in [-0.15, -0.1) is 11.3 Å². The smallest absolute Gasteiger partial charge is 0.0736 e. The summed E-state index contributed by atoms with van der Waals surface area (Å²) in [5, 5.41) is 10.8. The minimum absolute atomic E-state index is 0.318. The van der Waals surface area contributed by atoms with Crippen LogP contribution in [0.1, 0.15) is 29.0 Å². The van der Waals surface area contributed by atoms with E-state index in [1.165, 1.54) is 71.4 Å². The molecule has 0 bridgehead atoms. The normalized spacial score (nSPS) is 27.8. The van der Waals surface area contributed by atoms with Crippen molar-refractivity contribution in [1.29, 1.82) is 0 Å². The predicted molar refractivity (Wildman–Crippen MR) is 126 cm³/mol. The van der Waals surface area contributed by atoms with Crippen LogP contribution in [0, 0.1) is 12.3 Å². The highest BCUT2D eigenvalue weighted by atomic mass is 32.1. The Balaban J connectivity index is 1.26. The number of hydrogen-bond acceptors (Lipinski definition) is 6. The van der Waals surface area contributed by atoms with Gasteiger partial charge in [0.15, 0.2) is 0 Å². The average molecular weight is 424 g/mol. The molecule has 0 saturated carbocycles. The van der Waals surface area contributed by atoms with Crippen molar-refractivity contribution in [3.8, 4) is 0 Å². The van der Waals surface area contributed by atoms with Crippen molar-refractivity contribution in [3.63, 3.8) is 0 Å². The Morgan fingerprint density at radius 3 is 2.60 bits per heavy atom. The number of aryl methyl sites for hydroxylation is 1. The molecule has 0 radical (unpaired) electrons. The number of nitrogens with zero attached hydrogens (tertiary/aromatic N) is 2. The number of thiophene rings is 1. The molecule has 1 aliphatic carbocycles. The third-order valence-electron chi connectivity index (χ3n) is 7.58. The second-order valence-electron chi connectivity index (χ2n) is 9.69. The molecule has 3 N–H and O–H groups in total. The lowest BCUT2D eigenvalue weighted by molar-refractivity contribution is 0.183. The maximum atomic E-state index is 3.86.